The van der Waals surface area contributed by atoms with Gasteiger partial charge in [0.15, 0.2) is 0 Å². The van der Waals surface area contributed by atoms with Crippen LogP contribution < -0.4 is 15.2 Å². The minimum absolute atomic E-state index is 0.0359. The van der Waals surface area contributed by atoms with Gasteiger partial charge in [0.1, 0.15) is 24.7 Å². The molecule has 0 saturated carbocycles. The zero-order chi connectivity index (χ0) is 13.5. The quantitative estimate of drug-likeness (QED) is 0.808. The number of nitrogens with two attached hydrogens (primary N) is 1. The van der Waals surface area contributed by atoms with Crippen LogP contribution in [0.1, 0.15) is 18.5 Å². The van der Waals surface area contributed by atoms with E-state index in [1.807, 2.05) is 61.5 Å². The number of para-hydroxylation sites is 2. The van der Waals surface area contributed by atoms with Gasteiger partial charge in [-0.3, -0.25) is 0 Å². The Balaban J connectivity index is 1.83. The van der Waals surface area contributed by atoms with Crippen LogP contribution in [0.2, 0.25) is 0 Å². The van der Waals surface area contributed by atoms with Gasteiger partial charge in [-0.25, -0.2) is 0 Å². The summed E-state index contributed by atoms with van der Waals surface area (Å²) < 4.78 is 11.3. The van der Waals surface area contributed by atoms with E-state index in [0.29, 0.717) is 13.2 Å². The highest BCUT2D eigenvalue weighted by atomic mass is 16.5. The highest BCUT2D eigenvalue weighted by Crippen LogP contribution is 2.23. The van der Waals surface area contributed by atoms with Gasteiger partial charge in [0.25, 0.3) is 0 Å². The molecule has 0 unspecified atom stereocenters. The first kappa shape index (κ1) is 13.4. The Kier molecular flexibility index (Phi) is 4.81. The standard InChI is InChI=1S/C16H19NO2/c1-13(17)15-9-5-6-10-16(15)19-12-11-18-14-7-3-2-4-8-14/h2-10,13H,11-12,17H2,1H3/t13-/m1/s1. The molecule has 100 valence electrons. The fraction of sp³-hybridized carbons (Fsp3) is 0.250. The molecule has 3 heteroatoms. The van der Waals surface area contributed by atoms with E-state index in [2.05, 4.69) is 0 Å². The number of rotatable bonds is 6. The van der Waals surface area contributed by atoms with Crippen LogP contribution in [0.4, 0.5) is 0 Å². The Morgan fingerprint density at radius 3 is 2.26 bits per heavy atom. The maximum Gasteiger partial charge on any atom is 0.124 e. The van der Waals surface area contributed by atoms with Crippen molar-refractivity contribution in [2.75, 3.05) is 13.2 Å². The first-order valence-corrected chi connectivity index (χ1v) is 6.42. The minimum Gasteiger partial charge on any atom is -0.490 e. The van der Waals surface area contributed by atoms with Gasteiger partial charge in [0.05, 0.1) is 0 Å². The van der Waals surface area contributed by atoms with Crippen LogP contribution in [0.25, 0.3) is 0 Å². The van der Waals surface area contributed by atoms with E-state index >= 15 is 0 Å². The van der Waals surface area contributed by atoms with Crippen molar-refractivity contribution < 1.29 is 9.47 Å². The molecule has 0 saturated heterocycles. The highest BCUT2D eigenvalue weighted by Gasteiger charge is 2.06. The topological polar surface area (TPSA) is 44.5 Å². The summed E-state index contributed by atoms with van der Waals surface area (Å²) in [5.41, 5.74) is 6.91. The highest BCUT2D eigenvalue weighted by molar-refractivity contribution is 5.35. The third kappa shape index (κ3) is 4.00. The van der Waals surface area contributed by atoms with Gasteiger partial charge >= 0.3 is 0 Å². The number of benzene rings is 2. The summed E-state index contributed by atoms with van der Waals surface area (Å²) in [6.45, 7) is 2.96. The summed E-state index contributed by atoms with van der Waals surface area (Å²) >= 11 is 0. The monoisotopic (exact) mass is 257 g/mol. The molecule has 3 nitrogen and oxygen atoms in total. The zero-order valence-corrected chi connectivity index (χ0v) is 11.1. The van der Waals surface area contributed by atoms with E-state index in [-0.39, 0.29) is 6.04 Å². The smallest absolute Gasteiger partial charge is 0.124 e. The molecule has 0 spiro atoms. The lowest BCUT2D eigenvalue weighted by atomic mass is 10.1. The summed E-state index contributed by atoms with van der Waals surface area (Å²) in [7, 11) is 0. The zero-order valence-electron chi connectivity index (χ0n) is 11.1. The fourth-order valence-electron chi connectivity index (χ4n) is 1.82. The SMILES string of the molecule is C[C@@H](N)c1ccccc1OCCOc1ccccc1. The molecule has 19 heavy (non-hydrogen) atoms. The van der Waals surface area contributed by atoms with Gasteiger partial charge in [-0.15, -0.1) is 0 Å². The van der Waals surface area contributed by atoms with Crippen LogP contribution in [-0.4, -0.2) is 13.2 Å². The summed E-state index contributed by atoms with van der Waals surface area (Å²) in [6.07, 6.45) is 0. The Bertz CT molecular complexity index is 497. The lowest BCUT2D eigenvalue weighted by molar-refractivity contribution is 0.215. The van der Waals surface area contributed by atoms with Gasteiger partial charge in [-0.1, -0.05) is 36.4 Å². The van der Waals surface area contributed by atoms with Crippen molar-refractivity contribution in [1.29, 1.82) is 0 Å². The number of hydrogen-bond donors (Lipinski definition) is 1. The molecule has 0 aliphatic heterocycles. The molecule has 0 bridgehead atoms. The largest absolute Gasteiger partial charge is 0.490 e. The maximum atomic E-state index is 5.90. The lowest BCUT2D eigenvalue weighted by Crippen LogP contribution is -2.12. The van der Waals surface area contributed by atoms with Gasteiger partial charge < -0.3 is 15.2 Å². The summed E-state index contributed by atoms with van der Waals surface area (Å²) in [5.74, 6) is 1.68. The predicted octanol–water partition coefficient (Wildman–Crippen LogP) is 3.16. The molecular weight excluding hydrogens is 238 g/mol. The second-order valence-electron chi connectivity index (χ2n) is 4.34. The molecule has 0 fully saturated rings. The predicted molar refractivity (Wildman–Crippen MR) is 76.5 cm³/mol. The van der Waals surface area contributed by atoms with Gasteiger partial charge in [-0.2, -0.15) is 0 Å². The van der Waals surface area contributed by atoms with E-state index in [1.165, 1.54) is 0 Å². The Morgan fingerprint density at radius 2 is 1.53 bits per heavy atom. The third-order valence-corrected chi connectivity index (χ3v) is 2.76. The molecular formula is C16H19NO2. The first-order chi connectivity index (χ1) is 9.27. The molecule has 0 heterocycles. The second kappa shape index (κ2) is 6.81. The molecule has 0 amide bonds. The minimum atomic E-state index is -0.0359. The Morgan fingerprint density at radius 1 is 0.895 bits per heavy atom. The van der Waals surface area contributed by atoms with E-state index in [9.17, 15) is 0 Å². The van der Waals surface area contributed by atoms with Crippen molar-refractivity contribution in [3.05, 3.63) is 60.2 Å². The number of hydrogen-bond acceptors (Lipinski definition) is 3. The molecule has 1 atom stereocenters. The van der Waals surface area contributed by atoms with Crippen LogP contribution in [0.3, 0.4) is 0 Å². The van der Waals surface area contributed by atoms with Crippen molar-refractivity contribution in [3.63, 3.8) is 0 Å². The van der Waals surface area contributed by atoms with E-state index in [4.69, 9.17) is 15.2 Å². The molecule has 0 aliphatic rings. The molecule has 2 rings (SSSR count). The van der Waals surface area contributed by atoms with Crippen molar-refractivity contribution in [2.24, 2.45) is 5.73 Å². The van der Waals surface area contributed by atoms with Crippen molar-refractivity contribution in [1.82, 2.24) is 0 Å². The third-order valence-electron chi connectivity index (χ3n) is 2.76. The molecule has 0 aliphatic carbocycles. The van der Waals surface area contributed by atoms with Crippen LogP contribution in [0, 0.1) is 0 Å². The number of ether oxygens (including phenoxy) is 2. The Hall–Kier alpha value is -2.00. The van der Waals surface area contributed by atoms with Gasteiger partial charge in [0, 0.05) is 11.6 Å². The average Bonchev–Trinajstić information content (AvgIpc) is 2.45. The first-order valence-electron chi connectivity index (χ1n) is 6.42. The van der Waals surface area contributed by atoms with Crippen LogP contribution >= 0.6 is 0 Å². The van der Waals surface area contributed by atoms with Crippen molar-refractivity contribution >= 4 is 0 Å². The second-order valence-corrected chi connectivity index (χ2v) is 4.34. The van der Waals surface area contributed by atoms with E-state index in [1.54, 1.807) is 0 Å². The van der Waals surface area contributed by atoms with Crippen LogP contribution in [0.15, 0.2) is 54.6 Å². The summed E-state index contributed by atoms with van der Waals surface area (Å²) in [4.78, 5) is 0. The van der Waals surface area contributed by atoms with Gasteiger partial charge in [0.2, 0.25) is 0 Å². The maximum absolute atomic E-state index is 5.90. The Labute approximate surface area is 114 Å². The molecule has 2 aromatic carbocycles. The van der Waals surface area contributed by atoms with Crippen LogP contribution in [0.5, 0.6) is 11.5 Å². The lowest BCUT2D eigenvalue weighted by Gasteiger charge is -2.14. The molecule has 2 N–H and O–H groups in total. The van der Waals surface area contributed by atoms with Crippen molar-refractivity contribution in [3.8, 4) is 11.5 Å². The van der Waals surface area contributed by atoms with Gasteiger partial charge in [-0.05, 0) is 25.1 Å². The molecule has 0 aromatic heterocycles. The normalized spacial score (nSPS) is 11.9. The van der Waals surface area contributed by atoms with E-state index < -0.39 is 0 Å². The fourth-order valence-corrected chi connectivity index (χ4v) is 1.82. The average molecular weight is 257 g/mol. The summed E-state index contributed by atoms with van der Waals surface area (Å²) in [5, 5.41) is 0. The summed E-state index contributed by atoms with van der Waals surface area (Å²) in [6, 6.07) is 17.5. The van der Waals surface area contributed by atoms with Crippen molar-refractivity contribution in [2.45, 2.75) is 13.0 Å². The van der Waals surface area contributed by atoms with E-state index in [0.717, 1.165) is 17.1 Å². The van der Waals surface area contributed by atoms with Crippen LogP contribution in [-0.2, 0) is 0 Å². The molecule has 0 radical (unpaired) electrons. The molecule has 2 aromatic rings.